The summed E-state index contributed by atoms with van der Waals surface area (Å²) in [6, 6.07) is 10.9. The van der Waals surface area contributed by atoms with E-state index in [1.807, 2.05) is 36.4 Å². The first kappa shape index (κ1) is 6.81. The lowest BCUT2D eigenvalue weighted by Crippen LogP contribution is -1.66. The first-order valence-corrected chi connectivity index (χ1v) is 3.19. The molecule has 0 heterocycles. The summed E-state index contributed by atoms with van der Waals surface area (Å²) >= 11 is 0. The van der Waals surface area contributed by atoms with Crippen molar-refractivity contribution in [3.05, 3.63) is 54.6 Å². The molecule has 0 amide bonds. The van der Waals surface area contributed by atoms with Gasteiger partial charge in [0.25, 0.3) is 0 Å². The summed E-state index contributed by atoms with van der Waals surface area (Å²) in [4.78, 5) is 0. The molecule has 0 N–H and O–H groups in total. The molecule has 1 aromatic rings. The third-order valence-corrected chi connectivity index (χ3v) is 1.14. The molecule has 0 aliphatic heterocycles. The van der Waals surface area contributed by atoms with Crippen LogP contribution in [0.4, 0.5) is 0 Å². The van der Waals surface area contributed by atoms with E-state index in [-0.39, 0.29) is 0 Å². The fraction of sp³-hybridized carbons (Fsp3) is 0. The molecule has 0 heteroatoms. The van der Waals surface area contributed by atoms with Crippen molar-refractivity contribution in [2.75, 3.05) is 0 Å². The van der Waals surface area contributed by atoms with Crippen LogP contribution in [-0.4, -0.2) is 0 Å². The molecule has 0 aromatic heterocycles. The second kappa shape index (κ2) is 3.67. The van der Waals surface area contributed by atoms with Gasteiger partial charge in [0.1, 0.15) is 0 Å². The van der Waals surface area contributed by atoms with Gasteiger partial charge in [-0.15, -0.1) is 0 Å². The van der Waals surface area contributed by atoms with Gasteiger partial charge in [0, 0.05) is 0 Å². The van der Waals surface area contributed by atoms with Crippen molar-refractivity contribution in [2.24, 2.45) is 0 Å². The van der Waals surface area contributed by atoms with Crippen molar-refractivity contribution < 1.29 is 0 Å². The predicted octanol–water partition coefficient (Wildman–Crippen LogP) is 2.69. The Morgan fingerprint density at radius 3 is 2.90 bits per heavy atom. The highest BCUT2D eigenvalue weighted by atomic mass is 13.8. The molecule has 0 aliphatic carbocycles. The van der Waals surface area contributed by atoms with Crippen LogP contribution in [0.3, 0.4) is 0 Å². The van der Waals surface area contributed by atoms with Gasteiger partial charge in [0.15, 0.2) is 0 Å². The second-order valence-corrected chi connectivity index (χ2v) is 1.91. The van der Waals surface area contributed by atoms with Crippen molar-refractivity contribution in [2.45, 2.75) is 0 Å². The maximum Gasteiger partial charge on any atom is -0.0105 e. The lowest BCUT2D eigenvalue weighted by Gasteiger charge is -1.86. The van der Waals surface area contributed by atoms with Crippen LogP contribution in [0.5, 0.6) is 0 Å². The first-order chi connectivity index (χ1) is 4.93. The van der Waals surface area contributed by atoms with E-state index in [4.69, 9.17) is 0 Å². The van der Waals surface area contributed by atoms with Gasteiger partial charge in [-0.25, -0.2) is 0 Å². The van der Waals surface area contributed by atoms with Crippen LogP contribution >= 0.6 is 0 Å². The van der Waals surface area contributed by atoms with Crippen molar-refractivity contribution in [3.63, 3.8) is 0 Å². The Labute approximate surface area is 61.5 Å². The summed E-state index contributed by atoms with van der Waals surface area (Å²) in [5, 5.41) is 0. The number of allylic oxidation sites excluding steroid dienone is 2. The molecule has 0 nitrogen and oxygen atoms in total. The minimum absolute atomic E-state index is 1.09. The van der Waals surface area contributed by atoms with Gasteiger partial charge in [0.2, 0.25) is 0 Å². The molecule has 0 saturated carbocycles. The molecule has 1 radical (unpaired) electrons. The molecule has 1 aromatic carbocycles. The van der Waals surface area contributed by atoms with Crippen molar-refractivity contribution in [1.29, 1.82) is 0 Å². The zero-order valence-corrected chi connectivity index (χ0v) is 5.75. The van der Waals surface area contributed by atoms with Crippen LogP contribution in [0.25, 0.3) is 6.08 Å². The van der Waals surface area contributed by atoms with Crippen molar-refractivity contribution in [3.8, 4) is 0 Å². The predicted molar refractivity (Wildman–Crippen MR) is 44.5 cm³/mol. The van der Waals surface area contributed by atoms with E-state index in [1.165, 1.54) is 0 Å². The fourth-order valence-corrected chi connectivity index (χ4v) is 0.683. The Morgan fingerprint density at radius 2 is 2.30 bits per heavy atom. The van der Waals surface area contributed by atoms with Crippen molar-refractivity contribution >= 4 is 6.08 Å². The fourth-order valence-electron chi connectivity index (χ4n) is 0.683. The van der Waals surface area contributed by atoms with Gasteiger partial charge in [-0.1, -0.05) is 49.1 Å². The summed E-state index contributed by atoms with van der Waals surface area (Å²) in [6.07, 6.45) is 5.61. The Balaban J connectivity index is 2.76. The van der Waals surface area contributed by atoms with Crippen LogP contribution in [-0.2, 0) is 0 Å². The highest BCUT2D eigenvalue weighted by molar-refractivity contribution is 5.49. The highest BCUT2D eigenvalue weighted by Crippen LogP contribution is 1.98. The highest BCUT2D eigenvalue weighted by Gasteiger charge is 1.79. The van der Waals surface area contributed by atoms with Gasteiger partial charge >= 0.3 is 0 Å². The van der Waals surface area contributed by atoms with E-state index in [0.29, 0.717) is 0 Å². The molecule has 1 rings (SSSR count). The average Bonchev–Trinajstić information content (AvgIpc) is 2.03. The Hall–Kier alpha value is -1.30. The van der Waals surface area contributed by atoms with Gasteiger partial charge in [-0.05, 0) is 11.6 Å². The van der Waals surface area contributed by atoms with Gasteiger partial charge in [-0.3, -0.25) is 0 Å². The molecule has 0 unspecified atom stereocenters. The number of rotatable bonds is 2. The summed E-state index contributed by atoms with van der Waals surface area (Å²) in [5.41, 5.74) is 1.09. The summed E-state index contributed by atoms with van der Waals surface area (Å²) in [5.74, 6) is 0. The Morgan fingerprint density at radius 1 is 1.40 bits per heavy atom. The van der Waals surface area contributed by atoms with E-state index in [2.05, 4.69) is 12.6 Å². The third kappa shape index (κ3) is 1.90. The summed E-state index contributed by atoms with van der Waals surface area (Å²) < 4.78 is 0. The molecule has 10 heavy (non-hydrogen) atoms. The maximum absolute atomic E-state index is 3.58. The zero-order chi connectivity index (χ0) is 7.23. The number of benzene rings is 1. The minimum atomic E-state index is 1.09. The normalized spacial score (nSPS) is 10.0. The molecule has 0 saturated heterocycles. The molecule has 0 spiro atoms. The summed E-state index contributed by atoms with van der Waals surface area (Å²) in [7, 11) is 0. The van der Waals surface area contributed by atoms with Crippen LogP contribution in [0, 0.1) is 6.07 Å². The van der Waals surface area contributed by atoms with E-state index in [9.17, 15) is 0 Å². The van der Waals surface area contributed by atoms with E-state index in [1.54, 1.807) is 6.08 Å². The molecule has 49 valence electrons. The zero-order valence-electron chi connectivity index (χ0n) is 5.75. The lowest BCUT2D eigenvalue weighted by molar-refractivity contribution is 1.64. The largest absolute Gasteiger partial charge is 0.0991 e. The molecular formula is C10H9. The standard InChI is InChI=1S/C10H9/c1-2-3-7-10-8-5-4-6-9-10/h2-8H,1H2. The second-order valence-electron chi connectivity index (χ2n) is 1.91. The molecule has 0 aliphatic rings. The van der Waals surface area contributed by atoms with E-state index < -0.39 is 0 Å². The number of hydrogen-bond acceptors (Lipinski definition) is 0. The monoisotopic (exact) mass is 129 g/mol. The smallest absolute Gasteiger partial charge is 0.0105 e. The molecule has 0 bridgehead atoms. The maximum atomic E-state index is 3.58. The van der Waals surface area contributed by atoms with Crippen LogP contribution in [0.2, 0.25) is 0 Å². The Bertz CT molecular complexity index is 219. The summed E-state index contributed by atoms with van der Waals surface area (Å²) in [6.45, 7) is 3.58. The lowest BCUT2D eigenvalue weighted by atomic mass is 10.2. The van der Waals surface area contributed by atoms with Crippen molar-refractivity contribution in [1.82, 2.24) is 0 Å². The van der Waals surface area contributed by atoms with E-state index in [0.717, 1.165) is 5.56 Å². The first-order valence-electron chi connectivity index (χ1n) is 3.19. The third-order valence-electron chi connectivity index (χ3n) is 1.14. The number of hydrogen-bond donors (Lipinski definition) is 0. The average molecular weight is 129 g/mol. The van der Waals surface area contributed by atoms with Gasteiger partial charge in [-0.2, -0.15) is 0 Å². The quantitative estimate of drug-likeness (QED) is 0.538. The minimum Gasteiger partial charge on any atom is -0.0991 e. The molecule has 0 fully saturated rings. The Kier molecular flexibility index (Phi) is 2.50. The molecular weight excluding hydrogens is 120 g/mol. The van der Waals surface area contributed by atoms with Gasteiger partial charge < -0.3 is 0 Å². The van der Waals surface area contributed by atoms with Crippen LogP contribution < -0.4 is 0 Å². The molecule has 0 atom stereocenters. The SMILES string of the molecule is C=CC=Cc1[c]cccc1. The van der Waals surface area contributed by atoms with Gasteiger partial charge in [0.05, 0.1) is 0 Å². The van der Waals surface area contributed by atoms with E-state index >= 15 is 0 Å². The topological polar surface area (TPSA) is 0 Å². The van der Waals surface area contributed by atoms with Crippen LogP contribution in [0.15, 0.2) is 43.0 Å². The van der Waals surface area contributed by atoms with Crippen LogP contribution in [0.1, 0.15) is 5.56 Å².